The fourth-order valence-electron chi connectivity index (χ4n) is 2.20. The van der Waals surface area contributed by atoms with Crippen LogP contribution in [-0.4, -0.2) is 29.8 Å². The van der Waals surface area contributed by atoms with Crippen molar-refractivity contribution in [1.82, 2.24) is 4.90 Å². The molecule has 0 spiro atoms. The Bertz CT molecular complexity index is 731. The average molecular weight is 329 g/mol. The summed E-state index contributed by atoms with van der Waals surface area (Å²) in [7, 11) is 1.76. The van der Waals surface area contributed by atoms with E-state index in [1.807, 2.05) is 0 Å². The van der Waals surface area contributed by atoms with Crippen LogP contribution in [0.25, 0.3) is 0 Å². The van der Waals surface area contributed by atoms with Gasteiger partial charge in [-0.05, 0) is 44.3 Å². The summed E-state index contributed by atoms with van der Waals surface area (Å²) in [5, 5.41) is 2.76. The first-order valence-electron chi connectivity index (χ1n) is 7.53. The SMILES string of the molecule is C[C@H](C(=O)Nc1ccc(C(N)=O)cc1)N(C)Cc1ccccc1F. The molecule has 3 N–H and O–H groups in total. The van der Waals surface area contributed by atoms with Crippen LogP contribution in [0, 0.1) is 5.82 Å². The number of amides is 2. The summed E-state index contributed by atoms with van der Waals surface area (Å²) in [6.45, 7) is 2.07. The van der Waals surface area contributed by atoms with Gasteiger partial charge in [-0.15, -0.1) is 0 Å². The molecule has 0 saturated heterocycles. The van der Waals surface area contributed by atoms with Gasteiger partial charge < -0.3 is 11.1 Å². The van der Waals surface area contributed by atoms with Gasteiger partial charge in [0.2, 0.25) is 11.8 Å². The summed E-state index contributed by atoms with van der Waals surface area (Å²) in [5.74, 6) is -1.04. The number of halogens is 1. The van der Waals surface area contributed by atoms with E-state index in [9.17, 15) is 14.0 Å². The minimum atomic E-state index is -0.522. The van der Waals surface area contributed by atoms with Gasteiger partial charge >= 0.3 is 0 Å². The Labute approximate surface area is 140 Å². The third kappa shape index (κ3) is 4.39. The smallest absolute Gasteiger partial charge is 0.248 e. The van der Waals surface area contributed by atoms with Gasteiger partial charge in [0.05, 0.1) is 6.04 Å². The molecule has 0 aromatic heterocycles. The second kappa shape index (κ2) is 7.70. The molecule has 5 nitrogen and oxygen atoms in total. The molecule has 2 amide bonds. The van der Waals surface area contributed by atoms with Crippen molar-refractivity contribution in [1.29, 1.82) is 0 Å². The van der Waals surface area contributed by atoms with E-state index >= 15 is 0 Å². The van der Waals surface area contributed by atoms with Crippen molar-refractivity contribution in [3.8, 4) is 0 Å². The molecule has 0 aliphatic heterocycles. The zero-order valence-electron chi connectivity index (χ0n) is 13.6. The molecule has 0 fully saturated rings. The summed E-state index contributed by atoms with van der Waals surface area (Å²) < 4.78 is 13.7. The van der Waals surface area contributed by atoms with Crippen LogP contribution in [0.15, 0.2) is 48.5 Å². The highest BCUT2D eigenvalue weighted by Gasteiger charge is 2.19. The lowest BCUT2D eigenvalue weighted by Gasteiger charge is -2.24. The number of nitrogens with one attached hydrogen (secondary N) is 1. The number of hydrogen-bond donors (Lipinski definition) is 2. The topological polar surface area (TPSA) is 75.4 Å². The number of rotatable bonds is 6. The molecule has 2 rings (SSSR count). The molecule has 126 valence electrons. The Morgan fingerprint density at radius 1 is 1.17 bits per heavy atom. The van der Waals surface area contributed by atoms with E-state index in [-0.39, 0.29) is 11.7 Å². The molecule has 6 heteroatoms. The zero-order valence-corrected chi connectivity index (χ0v) is 13.6. The highest BCUT2D eigenvalue weighted by atomic mass is 19.1. The van der Waals surface area contributed by atoms with E-state index in [1.165, 1.54) is 6.07 Å². The van der Waals surface area contributed by atoms with Gasteiger partial charge in [-0.2, -0.15) is 0 Å². The molecule has 0 heterocycles. The molecule has 1 atom stereocenters. The lowest BCUT2D eigenvalue weighted by Crippen LogP contribution is -2.39. The van der Waals surface area contributed by atoms with Crippen molar-refractivity contribution in [2.24, 2.45) is 5.73 Å². The van der Waals surface area contributed by atoms with Gasteiger partial charge in [-0.1, -0.05) is 18.2 Å². The molecule has 24 heavy (non-hydrogen) atoms. The number of carbonyl (C=O) groups is 2. The number of benzene rings is 2. The van der Waals surface area contributed by atoms with Crippen molar-refractivity contribution in [3.63, 3.8) is 0 Å². The van der Waals surface area contributed by atoms with E-state index < -0.39 is 11.9 Å². The molecule has 0 saturated carbocycles. The van der Waals surface area contributed by atoms with E-state index in [0.717, 1.165) is 0 Å². The number of hydrogen-bond acceptors (Lipinski definition) is 3. The van der Waals surface area contributed by atoms with Crippen LogP contribution in [0.1, 0.15) is 22.8 Å². The number of nitrogens with two attached hydrogens (primary N) is 1. The van der Waals surface area contributed by atoms with Crippen LogP contribution in [0.2, 0.25) is 0 Å². The third-order valence-corrected chi connectivity index (χ3v) is 3.86. The van der Waals surface area contributed by atoms with Crippen LogP contribution in [0.5, 0.6) is 0 Å². The lowest BCUT2D eigenvalue weighted by molar-refractivity contribution is -0.120. The van der Waals surface area contributed by atoms with Crippen LogP contribution in [-0.2, 0) is 11.3 Å². The van der Waals surface area contributed by atoms with E-state index in [0.29, 0.717) is 23.4 Å². The molecule has 0 bridgehead atoms. The van der Waals surface area contributed by atoms with Crippen LogP contribution < -0.4 is 11.1 Å². The molecule has 0 radical (unpaired) electrons. The Balaban J connectivity index is 1.98. The summed E-state index contributed by atoms with van der Waals surface area (Å²) in [6, 6.07) is 12.3. The maximum atomic E-state index is 13.7. The third-order valence-electron chi connectivity index (χ3n) is 3.86. The Kier molecular flexibility index (Phi) is 5.65. The van der Waals surface area contributed by atoms with Crippen LogP contribution in [0.3, 0.4) is 0 Å². The Morgan fingerprint density at radius 2 is 1.79 bits per heavy atom. The van der Waals surface area contributed by atoms with Gasteiger partial charge in [-0.3, -0.25) is 14.5 Å². The minimum Gasteiger partial charge on any atom is -0.366 e. The fourth-order valence-corrected chi connectivity index (χ4v) is 2.20. The summed E-state index contributed by atoms with van der Waals surface area (Å²) >= 11 is 0. The number of likely N-dealkylation sites (N-methyl/N-ethyl adjacent to an activating group) is 1. The maximum Gasteiger partial charge on any atom is 0.248 e. The quantitative estimate of drug-likeness (QED) is 0.854. The standard InChI is InChI=1S/C18H20FN3O2/c1-12(22(2)11-14-5-3-4-6-16(14)19)18(24)21-15-9-7-13(8-10-15)17(20)23/h3-10,12H,11H2,1-2H3,(H2,20,23)(H,21,24)/t12-/m1/s1. The first-order chi connectivity index (χ1) is 11.4. The predicted molar refractivity (Wildman–Crippen MR) is 90.9 cm³/mol. The lowest BCUT2D eigenvalue weighted by atomic mass is 10.1. The highest BCUT2D eigenvalue weighted by molar-refractivity contribution is 5.96. The van der Waals surface area contributed by atoms with Gasteiger partial charge in [0.1, 0.15) is 5.82 Å². The van der Waals surface area contributed by atoms with E-state index in [2.05, 4.69) is 5.32 Å². The first-order valence-corrected chi connectivity index (χ1v) is 7.53. The van der Waals surface area contributed by atoms with Gasteiger partial charge in [-0.25, -0.2) is 4.39 Å². The Morgan fingerprint density at radius 3 is 2.38 bits per heavy atom. The van der Waals surface area contributed by atoms with Gasteiger partial charge in [0.25, 0.3) is 0 Å². The number of anilines is 1. The zero-order chi connectivity index (χ0) is 17.7. The minimum absolute atomic E-state index is 0.222. The number of primary amides is 1. The second-order valence-electron chi connectivity index (χ2n) is 5.61. The summed E-state index contributed by atoms with van der Waals surface area (Å²) in [4.78, 5) is 25.1. The van der Waals surface area contributed by atoms with Gasteiger partial charge in [0, 0.05) is 23.4 Å². The normalized spacial score (nSPS) is 12.0. The first kappa shape index (κ1) is 17.6. The number of nitrogens with zero attached hydrogens (tertiary/aromatic N) is 1. The van der Waals surface area contributed by atoms with Crippen molar-refractivity contribution >= 4 is 17.5 Å². The molecule has 0 aliphatic carbocycles. The van der Waals surface area contributed by atoms with Gasteiger partial charge in [0.15, 0.2) is 0 Å². The molecule has 0 aliphatic rings. The summed E-state index contributed by atoms with van der Waals surface area (Å²) in [5.41, 5.74) is 6.65. The van der Waals surface area contributed by atoms with E-state index in [4.69, 9.17) is 5.73 Å². The van der Waals surface area contributed by atoms with E-state index in [1.54, 1.807) is 61.3 Å². The van der Waals surface area contributed by atoms with Crippen LogP contribution in [0.4, 0.5) is 10.1 Å². The Hall–Kier alpha value is -2.73. The summed E-state index contributed by atoms with van der Waals surface area (Å²) in [6.07, 6.45) is 0. The maximum absolute atomic E-state index is 13.7. The van der Waals surface area contributed by atoms with Crippen molar-refractivity contribution < 1.29 is 14.0 Å². The van der Waals surface area contributed by atoms with Crippen molar-refractivity contribution in [2.75, 3.05) is 12.4 Å². The molecular weight excluding hydrogens is 309 g/mol. The largest absolute Gasteiger partial charge is 0.366 e. The fraction of sp³-hybridized carbons (Fsp3) is 0.222. The number of carbonyl (C=O) groups excluding carboxylic acids is 2. The van der Waals surface area contributed by atoms with Crippen molar-refractivity contribution in [3.05, 3.63) is 65.5 Å². The monoisotopic (exact) mass is 329 g/mol. The second-order valence-corrected chi connectivity index (χ2v) is 5.61. The molecule has 0 unspecified atom stereocenters. The molecule has 2 aromatic rings. The van der Waals surface area contributed by atoms with Crippen LogP contribution >= 0.6 is 0 Å². The van der Waals surface area contributed by atoms with Crippen molar-refractivity contribution in [2.45, 2.75) is 19.5 Å². The molecular formula is C18H20FN3O2. The predicted octanol–water partition coefficient (Wildman–Crippen LogP) is 2.38. The highest BCUT2D eigenvalue weighted by Crippen LogP contribution is 2.13. The average Bonchev–Trinajstić information content (AvgIpc) is 2.56. The molecule has 2 aromatic carbocycles.